The van der Waals surface area contributed by atoms with Crippen LogP contribution in [-0.4, -0.2) is 20.2 Å². The third-order valence-electron chi connectivity index (χ3n) is 1.17. The third kappa shape index (κ3) is 1.52. The van der Waals surface area contributed by atoms with Crippen molar-refractivity contribution in [2.45, 2.75) is 20.0 Å². The van der Waals surface area contributed by atoms with Crippen molar-refractivity contribution in [1.29, 1.82) is 0 Å². The van der Waals surface area contributed by atoms with Crippen LogP contribution in [0.15, 0.2) is 6.20 Å². The Morgan fingerprint density at radius 3 is 3.10 bits per heavy atom. The zero-order chi connectivity index (χ0) is 7.40. The summed E-state index contributed by atoms with van der Waals surface area (Å²) in [6.07, 6.45) is 1.78. The van der Waals surface area contributed by atoms with E-state index in [1.807, 2.05) is 12.4 Å². The SMILES string of the molecule is CCn1cc(CNO)nn1. The second kappa shape index (κ2) is 3.28. The Hall–Kier alpha value is -0.940. The Labute approximate surface area is 58.6 Å². The second-order valence-corrected chi connectivity index (χ2v) is 1.90. The number of rotatable bonds is 3. The Morgan fingerprint density at radius 1 is 1.80 bits per heavy atom. The molecular formula is C5H10N4O. The first-order valence-corrected chi connectivity index (χ1v) is 3.12. The van der Waals surface area contributed by atoms with E-state index in [0.29, 0.717) is 6.54 Å². The largest absolute Gasteiger partial charge is 0.316 e. The summed E-state index contributed by atoms with van der Waals surface area (Å²) < 4.78 is 1.70. The smallest absolute Gasteiger partial charge is 0.0988 e. The molecule has 5 nitrogen and oxygen atoms in total. The van der Waals surface area contributed by atoms with Gasteiger partial charge in [-0.2, -0.15) is 5.48 Å². The quantitative estimate of drug-likeness (QED) is 0.572. The van der Waals surface area contributed by atoms with Gasteiger partial charge in [0.1, 0.15) is 0 Å². The summed E-state index contributed by atoms with van der Waals surface area (Å²) in [5.74, 6) is 0. The average molecular weight is 142 g/mol. The lowest BCUT2D eigenvalue weighted by Gasteiger charge is -1.89. The molecule has 56 valence electrons. The van der Waals surface area contributed by atoms with Crippen LogP contribution < -0.4 is 5.48 Å². The maximum atomic E-state index is 8.27. The first kappa shape index (κ1) is 7.17. The van der Waals surface area contributed by atoms with Gasteiger partial charge in [-0.3, -0.25) is 4.68 Å². The number of aryl methyl sites for hydroxylation is 1. The standard InChI is InChI=1S/C5H10N4O/c1-2-9-4-5(3-6-10)7-8-9/h4,6,10H,2-3H2,1H3. The summed E-state index contributed by atoms with van der Waals surface area (Å²) in [4.78, 5) is 0. The number of hydrogen-bond acceptors (Lipinski definition) is 4. The van der Waals surface area contributed by atoms with Crippen LogP contribution in [0.4, 0.5) is 0 Å². The summed E-state index contributed by atoms with van der Waals surface area (Å²) in [5, 5.41) is 15.8. The first-order valence-electron chi connectivity index (χ1n) is 3.12. The van der Waals surface area contributed by atoms with Gasteiger partial charge in [-0.1, -0.05) is 5.21 Å². The van der Waals surface area contributed by atoms with Crippen LogP contribution in [0.1, 0.15) is 12.6 Å². The van der Waals surface area contributed by atoms with Crippen LogP contribution in [0.2, 0.25) is 0 Å². The van der Waals surface area contributed by atoms with E-state index in [1.54, 1.807) is 10.9 Å². The monoisotopic (exact) mass is 142 g/mol. The van der Waals surface area contributed by atoms with E-state index in [1.165, 1.54) is 0 Å². The van der Waals surface area contributed by atoms with Gasteiger partial charge >= 0.3 is 0 Å². The van der Waals surface area contributed by atoms with E-state index in [2.05, 4.69) is 10.3 Å². The van der Waals surface area contributed by atoms with Gasteiger partial charge < -0.3 is 5.21 Å². The minimum atomic E-state index is 0.347. The van der Waals surface area contributed by atoms with Crippen molar-refractivity contribution in [3.63, 3.8) is 0 Å². The fraction of sp³-hybridized carbons (Fsp3) is 0.600. The van der Waals surface area contributed by atoms with Gasteiger partial charge in [-0.25, -0.2) is 0 Å². The third-order valence-corrected chi connectivity index (χ3v) is 1.17. The molecule has 1 aromatic heterocycles. The van der Waals surface area contributed by atoms with E-state index < -0.39 is 0 Å². The van der Waals surface area contributed by atoms with Crippen LogP contribution in [0.3, 0.4) is 0 Å². The second-order valence-electron chi connectivity index (χ2n) is 1.90. The van der Waals surface area contributed by atoms with Gasteiger partial charge in [-0.15, -0.1) is 5.10 Å². The highest BCUT2D eigenvalue weighted by Gasteiger charge is 1.95. The predicted octanol–water partition coefficient (Wildman–Crippen LogP) is -0.223. The molecule has 0 unspecified atom stereocenters. The molecule has 0 radical (unpaired) electrons. The molecule has 0 aromatic carbocycles. The lowest BCUT2D eigenvalue weighted by molar-refractivity contribution is 0.160. The molecule has 0 saturated carbocycles. The molecule has 2 N–H and O–H groups in total. The van der Waals surface area contributed by atoms with Crippen LogP contribution in [0, 0.1) is 0 Å². The number of nitrogens with zero attached hydrogens (tertiary/aromatic N) is 3. The Kier molecular flexibility index (Phi) is 2.35. The molecule has 5 heteroatoms. The zero-order valence-electron chi connectivity index (χ0n) is 5.78. The fourth-order valence-corrected chi connectivity index (χ4v) is 0.655. The van der Waals surface area contributed by atoms with Gasteiger partial charge in [0.05, 0.1) is 12.2 Å². The normalized spacial score (nSPS) is 10.2. The molecule has 1 aromatic rings. The summed E-state index contributed by atoms with van der Waals surface area (Å²) >= 11 is 0. The van der Waals surface area contributed by atoms with Crippen LogP contribution in [-0.2, 0) is 13.1 Å². The van der Waals surface area contributed by atoms with Gasteiger partial charge in [0.15, 0.2) is 0 Å². The van der Waals surface area contributed by atoms with Crippen LogP contribution in [0.5, 0.6) is 0 Å². The Bertz CT molecular complexity index is 197. The summed E-state index contributed by atoms with van der Waals surface area (Å²) in [6.45, 7) is 3.13. The molecule has 0 aliphatic rings. The summed E-state index contributed by atoms with van der Waals surface area (Å²) in [7, 11) is 0. The van der Waals surface area contributed by atoms with Crippen LogP contribution >= 0.6 is 0 Å². The Balaban J connectivity index is 2.59. The Morgan fingerprint density at radius 2 is 2.60 bits per heavy atom. The maximum absolute atomic E-state index is 8.27. The molecule has 0 spiro atoms. The number of hydrogen-bond donors (Lipinski definition) is 2. The van der Waals surface area contributed by atoms with E-state index in [-0.39, 0.29) is 0 Å². The van der Waals surface area contributed by atoms with Crippen molar-refractivity contribution >= 4 is 0 Å². The van der Waals surface area contributed by atoms with Crippen molar-refractivity contribution in [3.05, 3.63) is 11.9 Å². The predicted molar refractivity (Wildman–Crippen MR) is 34.3 cm³/mol. The van der Waals surface area contributed by atoms with E-state index >= 15 is 0 Å². The van der Waals surface area contributed by atoms with Crippen molar-refractivity contribution < 1.29 is 5.21 Å². The zero-order valence-corrected chi connectivity index (χ0v) is 5.78. The molecule has 1 rings (SSSR count). The van der Waals surface area contributed by atoms with Crippen molar-refractivity contribution in [1.82, 2.24) is 20.5 Å². The van der Waals surface area contributed by atoms with Gasteiger partial charge in [0.2, 0.25) is 0 Å². The number of nitrogens with one attached hydrogen (secondary N) is 1. The average Bonchev–Trinajstić information content (AvgIpc) is 2.37. The van der Waals surface area contributed by atoms with E-state index in [0.717, 1.165) is 12.2 Å². The fourth-order valence-electron chi connectivity index (χ4n) is 0.655. The lowest BCUT2D eigenvalue weighted by Crippen LogP contribution is -2.06. The van der Waals surface area contributed by atoms with Crippen molar-refractivity contribution in [3.8, 4) is 0 Å². The molecule has 1 heterocycles. The van der Waals surface area contributed by atoms with Gasteiger partial charge in [-0.05, 0) is 6.92 Å². The summed E-state index contributed by atoms with van der Waals surface area (Å²) in [6, 6.07) is 0. The molecule has 10 heavy (non-hydrogen) atoms. The lowest BCUT2D eigenvalue weighted by atomic mass is 10.5. The molecule has 0 aliphatic carbocycles. The van der Waals surface area contributed by atoms with Gasteiger partial charge in [0.25, 0.3) is 0 Å². The van der Waals surface area contributed by atoms with Crippen LogP contribution in [0.25, 0.3) is 0 Å². The maximum Gasteiger partial charge on any atom is 0.0988 e. The number of hydroxylamine groups is 1. The highest BCUT2D eigenvalue weighted by molar-refractivity contribution is 4.90. The minimum Gasteiger partial charge on any atom is -0.316 e. The molecule has 0 aliphatic heterocycles. The van der Waals surface area contributed by atoms with Crippen molar-refractivity contribution in [2.24, 2.45) is 0 Å². The number of aromatic nitrogens is 3. The molecular weight excluding hydrogens is 132 g/mol. The van der Waals surface area contributed by atoms with E-state index in [4.69, 9.17) is 5.21 Å². The van der Waals surface area contributed by atoms with E-state index in [9.17, 15) is 0 Å². The topological polar surface area (TPSA) is 63.0 Å². The first-order chi connectivity index (χ1) is 4.86. The molecule has 0 bridgehead atoms. The molecule has 0 fully saturated rings. The molecule has 0 amide bonds. The summed E-state index contributed by atoms with van der Waals surface area (Å²) in [5.41, 5.74) is 2.75. The van der Waals surface area contributed by atoms with Gasteiger partial charge in [0, 0.05) is 12.7 Å². The molecule has 0 saturated heterocycles. The highest BCUT2D eigenvalue weighted by atomic mass is 16.5. The minimum absolute atomic E-state index is 0.347. The highest BCUT2D eigenvalue weighted by Crippen LogP contribution is 1.90. The van der Waals surface area contributed by atoms with Crippen molar-refractivity contribution in [2.75, 3.05) is 0 Å². The molecule has 0 atom stereocenters.